The molecule has 0 radical (unpaired) electrons. The summed E-state index contributed by atoms with van der Waals surface area (Å²) in [6.07, 6.45) is 1.09. The maximum absolute atomic E-state index is 12.7. The number of nitrogens with one attached hydrogen (secondary N) is 1. The lowest BCUT2D eigenvalue weighted by Gasteiger charge is -2.20. The number of carbonyl (C=O) groups is 1. The molecule has 2 aromatic rings. The number of nitrogens with zero attached hydrogens (tertiary/aromatic N) is 1. The number of amides is 1. The molecule has 1 N–H and O–H groups in total. The summed E-state index contributed by atoms with van der Waals surface area (Å²) < 4.78 is 35.9. The molecule has 8 heteroatoms. The third-order valence-electron chi connectivity index (χ3n) is 4.05. The molecule has 7 nitrogen and oxygen atoms in total. The zero-order chi connectivity index (χ0) is 20.7. The lowest BCUT2D eigenvalue weighted by atomic mass is 10.1. The van der Waals surface area contributed by atoms with E-state index in [9.17, 15) is 13.2 Å². The zero-order valence-electron chi connectivity index (χ0n) is 16.6. The van der Waals surface area contributed by atoms with E-state index in [-0.39, 0.29) is 18.0 Å². The van der Waals surface area contributed by atoms with Crippen molar-refractivity contribution in [2.24, 2.45) is 0 Å². The fourth-order valence-corrected chi connectivity index (χ4v) is 3.12. The van der Waals surface area contributed by atoms with Gasteiger partial charge in [0.05, 0.1) is 30.7 Å². The van der Waals surface area contributed by atoms with Crippen LogP contribution < -0.4 is 19.1 Å². The average Bonchev–Trinajstić information content (AvgIpc) is 2.67. The molecule has 0 saturated heterocycles. The predicted molar refractivity (Wildman–Crippen MR) is 110 cm³/mol. The number of benzene rings is 2. The van der Waals surface area contributed by atoms with E-state index in [1.165, 1.54) is 7.05 Å². The Labute approximate surface area is 166 Å². The van der Waals surface area contributed by atoms with Crippen molar-refractivity contribution >= 4 is 21.6 Å². The number of rotatable bonds is 9. The Morgan fingerprint density at radius 2 is 1.68 bits per heavy atom. The molecular formula is C20H26N2O5S. The van der Waals surface area contributed by atoms with E-state index in [1.54, 1.807) is 30.3 Å². The number of para-hydroxylation sites is 1. The normalized spacial score (nSPS) is 11.0. The largest absolute Gasteiger partial charge is 0.490 e. The van der Waals surface area contributed by atoms with Crippen molar-refractivity contribution in [3.63, 3.8) is 0 Å². The molecule has 0 fully saturated rings. The van der Waals surface area contributed by atoms with E-state index in [1.807, 2.05) is 26.0 Å². The van der Waals surface area contributed by atoms with Crippen LogP contribution in [0.5, 0.6) is 11.5 Å². The highest BCUT2D eigenvalue weighted by Gasteiger charge is 2.19. The zero-order valence-corrected chi connectivity index (χ0v) is 17.4. The first-order valence-corrected chi connectivity index (χ1v) is 10.8. The van der Waals surface area contributed by atoms with Gasteiger partial charge in [-0.25, -0.2) is 8.42 Å². The van der Waals surface area contributed by atoms with E-state index in [2.05, 4.69) is 5.32 Å². The number of ether oxygens (including phenoxy) is 2. The van der Waals surface area contributed by atoms with Gasteiger partial charge in [-0.1, -0.05) is 18.2 Å². The Kier molecular flexibility index (Phi) is 7.28. The first-order chi connectivity index (χ1) is 13.3. The highest BCUT2D eigenvalue weighted by molar-refractivity contribution is 7.92. The van der Waals surface area contributed by atoms with Gasteiger partial charge in [0.15, 0.2) is 11.5 Å². The molecule has 0 aromatic heterocycles. The summed E-state index contributed by atoms with van der Waals surface area (Å²) in [6, 6.07) is 12.1. The number of sulfonamides is 1. The molecule has 0 aliphatic carbocycles. The molecule has 152 valence electrons. The van der Waals surface area contributed by atoms with E-state index >= 15 is 0 Å². The summed E-state index contributed by atoms with van der Waals surface area (Å²) in [7, 11) is -2.06. The van der Waals surface area contributed by atoms with Crippen LogP contribution in [0.2, 0.25) is 0 Å². The second kappa shape index (κ2) is 9.45. The molecule has 0 bridgehead atoms. The summed E-state index contributed by atoms with van der Waals surface area (Å²) in [6.45, 7) is 5.08. The quantitative estimate of drug-likeness (QED) is 0.692. The predicted octanol–water partition coefficient (Wildman–Crippen LogP) is 2.81. The van der Waals surface area contributed by atoms with E-state index in [4.69, 9.17) is 9.47 Å². The van der Waals surface area contributed by atoms with E-state index in [0.717, 1.165) is 16.1 Å². The van der Waals surface area contributed by atoms with E-state index < -0.39 is 10.0 Å². The molecule has 0 unspecified atom stereocenters. The Morgan fingerprint density at radius 1 is 1.04 bits per heavy atom. The molecule has 28 heavy (non-hydrogen) atoms. The highest BCUT2D eigenvalue weighted by Crippen LogP contribution is 2.28. The SMILES string of the molecule is CCOc1ccc(CNC(=O)c2ccccc2N(C)S(C)(=O)=O)cc1OCC. The van der Waals surface area contributed by atoms with Crippen LogP contribution >= 0.6 is 0 Å². The van der Waals surface area contributed by atoms with Gasteiger partial charge in [-0.15, -0.1) is 0 Å². The van der Waals surface area contributed by atoms with Crippen molar-refractivity contribution in [2.45, 2.75) is 20.4 Å². The van der Waals surface area contributed by atoms with Crippen LogP contribution in [0, 0.1) is 0 Å². The van der Waals surface area contributed by atoms with Crippen LogP contribution in [0.1, 0.15) is 29.8 Å². The summed E-state index contributed by atoms with van der Waals surface area (Å²) in [5.74, 6) is 0.908. The van der Waals surface area contributed by atoms with Gasteiger partial charge in [0.1, 0.15) is 0 Å². The van der Waals surface area contributed by atoms with Gasteiger partial charge in [0, 0.05) is 13.6 Å². The van der Waals surface area contributed by atoms with Gasteiger partial charge in [0.2, 0.25) is 10.0 Å². The van der Waals surface area contributed by atoms with Crippen molar-refractivity contribution < 1.29 is 22.7 Å². The van der Waals surface area contributed by atoms with Gasteiger partial charge < -0.3 is 14.8 Å². The molecule has 0 aliphatic rings. The first-order valence-electron chi connectivity index (χ1n) is 8.97. The Bertz CT molecular complexity index is 928. The fraction of sp³-hybridized carbons (Fsp3) is 0.350. The third-order valence-corrected chi connectivity index (χ3v) is 5.24. The summed E-state index contributed by atoms with van der Waals surface area (Å²) in [5.41, 5.74) is 1.45. The second-order valence-electron chi connectivity index (χ2n) is 6.08. The first kappa shape index (κ1) is 21.6. The molecule has 0 saturated carbocycles. The maximum atomic E-state index is 12.7. The number of carbonyl (C=O) groups excluding carboxylic acids is 1. The lowest BCUT2D eigenvalue weighted by Crippen LogP contribution is -2.29. The van der Waals surface area contributed by atoms with Crippen molar-refractivity contribution in [3.05, 3.63) is 53.6 Å². The van der Waals surface area contributed by atoms with Gasteiger partial charge in [-0.2, -0.15) is 0 Å². The molecule has 2 rings (SSSR count). The van der Waals surface area contributed by atoms with Crippen molar-refractivity contribution in [2.75, 3.05) is 30.8 Å². The third kappa shape index (κ3) is 5.39. The van der Waals surface area contributed by atoms with Gasteiger partial charge in [-0.3, -0.25) is 9.10 Å². The lowest BCUT2D eigenvalue weighted by molar-refractivity contribution is 0.0951. The summed E-state index contributed by atoms with van der Waals surface area (Å²) in [4.78, 5) is 12.7. The number of hydrogen-bond acceptors (Lipinski definition) is 5. The molecule has 1 amide bonds. The van der Waals surface area contributed by atoms with E-state index in [0.29, 0.717) is 30.4 Å². The number of anilines is 1. The number of hydrogen-bond donors (Lipinski definition) is 1. The fourth-order valence-electron chi connectivity index (χ4n) is 2.60. The Balaban J connectivity index is 2.18. The second-order valence-corrected chi connectivity index (χ2v) is 8.09. The average molecular weight is 407 g/mol. The maximum Gasteiger partial charge on any atom is 0.253 e. The molecule has 0 aliphatic heterocycles. The molecular weight excluding hydrogens is 380 g/mol. The van der Waals surface area contributed by atoms with Crippen LogP contribution in [0.15, 0.2) is 42.5 Å². The van der Waals surface area contributed by atoms with Crippen molar-refractivity contribution in [3.8, 4) is 11.5 Å². The van der Waals surface area contributed by atoms with Crippen molar-refractivity contribution in [1.82, 2.24) is 5.32 Å². The molecule has 0 spiro atoms. The molecule has 2 aromatic carbocycles. The van der Waals surface area contributed by atoms with Crippen LogP contribution in [0.3, 0.4) is 0 Å². The van der Waals surface area contributed by atoms with Crippen LogP contribution in [0.4, 0.5) is 5.69 Å². The monoisotopic (exact) mass is 406 g/mol. The summed E-state index contributed by atoms with van der Waals surface area (Å²) in [5, 5.41) is 2.83. The van der Waals surface area contributed by atoms with Crippen LogP contribution in [0.25, 0.3) is 0 Å². The minimum atomic E-state index is -3.48. The van der Waals surface area contributed by atoms with Gasteiger partial charge in [0.25, 0.3) is 5.91 Å². The van der Waals surface area contributed by atoms with Crippen molar-refractivity contribution in [1.29, 1.82) is 0 Å². The minimum absolute atomic E-state index is 0.266. The van der Waals surface area contributed by atoms with Gasteiger partial charge >= 0.3 is 0 Å². The van der Waals surface area contributed by atoms with Gasteiger partial charge in [-0.05, 0) is 43.7 Å². The standard InChI is InChI=1S/C20H26N2O5S/c1-5-26-18-12-11-15(13-19(18)27-6-2)14-21-20(23)16-9-7-8-10-17(16)22(3)28(4,24)25/h7-13H,5-6,14H2,1-4H3,(H,21,23). The summed E-state index contributed by atoms with van der Waals surface area (Å²) >= 11 is 0. The van der Waals surface area contributed by atoms with Crippen LogP contribution in [-0.2, 0) is 16.6 Å². The molecule has 0 heterocycles. The highest BCUT2D eigenvalue weighted by atomic mass is 32.2. The Morgan fingerprint density at radius 3 is 2.32 bits per heavy atom. The topological polar surface area (TPSA) is 84.9 Å². The smallest absolute Gasteiger partial charge is 0.253 e. The van der Waals surface area contributed by atoms with Crippen LogP contribution in [-0.4, -0.2) is 40.8 Å². The molecule has 0 atom stereocenters. The minimum Gasteiger partial charge on any atom is -0.490 e. The Hall–Kier alpha value is -2.74.